The van der Waals surface area contributed by atoms with Gasteiger partial charge in [0.25, 0.3) is 0 Å². The molecule has 5 atom stereocenters. The average molecular weight is 414 g/mol. The number of hydrogen-bond acceptors (Lipinski definition) is 12. The molecule has 0 radical (unpaired) electrons. The first-order valence-electron chi connectivity index (χ1n) is 8.49. The zero-order chi connectivity index (χ0) is 20.7. The van der Waals surface area contributed by atoms with Crippen molar-refractivity contribution in [1.29, 1.82) is 0 Å². The van der Waals surface area contributed by atoms with E-state index in [4.69, 9.17) is 26.7 Å². The number of aliphatic hydroxyl groups is 2. The van der Waals surface area contributed by atoms with E-state index in [-0.39, 0.29) is 34.6 Å². The van der Waals surface area contributed by atoms with E-state index in [0.29, 0.717) is 0 Å². The van der Waals surface area contributed by atoms with Crippen LogP contribution >= 0.6 is 11.3 Å². The highest BCUT2D eigenvalue weighted by molar-refractivity contribution is 7.17. The molecule has 0 unspecified atom stereocenters. The van der Waals surface area contributed by atoms with Gasteiger partial charge in [0.15, 0.2) is 11.9 Å². The molecular formula is C15H22N6O6S. The van der Waals surface area contributed by atoms with Crippen molar-refractivity contribution in [2.75, 3.05) is 18.1 Å². The number of nitrogens with zero attached hydrogens (tertiary/aromatic N) is 3. The summed E-state index contributed by atoms with van der Waals surface area (Å²) >= 11 is 0.758. The number of rotatable bonds is 5. The zero-order valence-electron chi connectivity index (χ0n) is 15.2. The number of anilines is 2. The van der Waals surface area contributed by atoms with Crippen molar-refractivity contribution in [3.63, 3.8) is 0 Å². The summed E-state index contributed by atoms with van der Waals surface area (Å²) in [4.78, 5) is 31.6. The van der Waals surface area contributed by atoms with E-state index < -0.39 is 41.4 Å². The van der Waals surface area contributed by atoms with Gasteiger partial charge in [-0.3, -0.25) is 14.2 Å². The van der Waals surface area contributed by atoms with Crippen molar-refractivity contribution in [3.05, 3.63) is 9.67 Å². The highest BCUT2D eigenvalue weighted by atomic mass is 32.1. The molecule has 1 saturated heterocycles. The van der Waals surface area contributed by atoms with Gasteiger partial charge in [0.2, 0.25) is 5.95 Å². The Morgan fingerprint density at radius 3 is 2.64 bits per heavy atom. The predicted molar refractivity (Wildman–Crippen MR) is 100 cm³/mol. The van der Waals surface area contributed by atoms with Gasteiger partial charge < -0.3 is 36.9 Å². The fraction of sp³-hybridized carbons (Fsp3) is 0.600. The van der Waals surface area contributed by atoms with E-state index in [2.05, 4.69) is 9.97 Å². The second kappa shape index (κ2) is 7.60. The molecule has 3 heterocycles. The van der Waals surface area contributed by atoms with Crippen molar-refractivity contribution in [2.24, 2.45) is 11.7 Å². The highest BCUT2D eigenvalue weighted by Crippen LogP contribution is 2.33. The van der Waals surface area contributed by atoms with Crippen LogP contribution in [-0.4, -0.2) is 61.7 Å². The number of carbonyl (C=O) groups is 1. The predicted octanol–water partition coefficient (Wildman–Crippen LogP) is -1.84. The number of hydrogen-bond donors (Lipinski definition) is 5. The fourth-order valence-corrected chi connectivity index (χ4v) is 3.64. The summed E-state index contributed by atoms with van der Waals surface area (Å²) < 4.78 is 12.0. The van der Waals surface area contributed by atoms with Crippen LogP contribution in [-0.2, 0) is 14.3 Å². The molecule has 0 bridgehead atoms. The van der Waals surface area contributed by atoms with E-state index in [1.807, 2.05) is 0 Å². The van der Waals surface area contributed by atoms with E-state index >= 15 is 0 Å². The lowest BCUT2D eigenvalue weighted by Gasteiger charge is -2.18. The first-order chi connectivity index (χ1) is 13.1. The third-order valence-corrected chi connectivity index (χ3v) is 5.44. The first kappa shape index (κ1) is 20.4. The molecule has 154 valence electrons. The van der Waals surface area contributed by atoms with Gasteiger partial charge in [0, 0.05) is 0 Å². The quantitative estimate of drug-likeness (QED) is 0.344. The number of nitrogens with two attached hydrogens (primary N) is 3. The van der Waals surface area contributed by atoms with Crippen molar-refractivity contribution >= 4 is 39.4 Å². The van der Waals surface area contributed by atoms with Crippen LogP contribution in [0.4, 0.5) is 11.8 Å². The Bertz CT molecular complexity index is 945. The number of nitrogen functional groups attached to an aromatic ring is 2. The van der Waals surface area contributed by atoms with Crippen molar-refractivity contribution in [2.45, 2.75) is 44.4 Å². The molecule has 1 fully saturated rings. The van der Waals surface area contributed by atoms with Crippen molar-refractivity contribution in [3.8, 4) is 0 Å². The van der Waals surface area contributed by atoms with Crippen LogP contribution in [0, 0.1) is 5.92 Å². The minimum Gasteiger partial charge on any atom is -0.462 e. The Hall–Kier alpha value is -2.32. The lowest BCUT2D eigenvalue weighted by molar-refractivity contribution is -0.152. The fourth-order valence-electron chi connectivity index (χ4n) is 2.79. The summed E-state index contributed by atoms with van der Waals surface area (Å²) in [5, 5.41) is 20.7. The summed E-state index contributed by atoms with van der Waals surface area (Å²) in [6.07, 6.45) is -5.23. The second-order valence-electron chi connectivity index (χ2n) is 6.80. The third-order valence-electron chi connectivity index (χ3n) is 4.48. The Morgan fingerprint density at radius 2 is 2.00 bits per heavy atom. The molecule has 28 heavy (non-hydrogen) atoms. The Kier molecular flexibility index (Phi) is 5.54. The molecule has 0 spiro atoms. The van der Waals surface area contributed by atoms with Gasteiger partial charge in [-0.1, -0.05) is 25.2 Å². The van der Waals surface area contributed by atoms with Crippen LogP contribution < -0.4 is 22.1 Å². The topological polar surface area (TPSA) is 202 Å². The van der Waals surface area contributed by atoms with Crippen LogP contribution in [0.25, 0.3) is 10.3 Å². The number of ether oxygens (including phenoxy) is 2. The molecule has 3 rings (SSSR count). The smallest absolute Gasteiger partial charge is 0.323 e. The minimum atomic E-state index is -1.48. The largest absolute Gasteiger partial charge is 0.462 e. The maximum atomic E-state index is 12.4. The standard InChI is InChI=1S/C15H22N6O6S/c1-4(2)6(16)13(24)26-3-5-7(22)8(23)12(27-5)21-11-9(28-15(21)25)10(17)19-14(18)20-11/h4-8,12,22-23H,3,16H2,1-2H3,(H4,17,18,19,20)/t5-,6+,7-,8-,12-/m1/s1. The molecule has 2 aromatic rings. The van der Waals surface area contributed by atoms with Crippen LogP contribution in [0.3, 0.4) is 0 Å². The Labute approximate surface area is 162 Å². The first-order valence-corrected chi connectivity index (χ1v) is 9.31. The molecule has 1 aliphatic heterocycles. The summed E-state index contributed by atoms with van der Waals surface area (Å²) in [5.74, 6) is -0.927. The monoisotopic (exact) mass is 414 g/mol. The molecule has 12 nitrogen and oxygen atoms in total. The van der Waals surface area contributed by atoms with Gasteiger partial charge in [0.05, 0.1) is 0 Å². The summed E-state index contributed by atoms with van der Waals surface area (Å²) in [6.45, 7) is 3.18. The van der Waals surface area contributed by atoms with E-state index in [1.165, 1.54) is 0 Å². The number of fused-ring (bicyclic) bond motifs is 1. The average Bonchev–Trinajstić information content (AvgIpc) is 3.09. The summed E-state index contributed by atoms with van der Waals surface area (Å²) in [5.41, 5.74) is 17.1. The van der Waals surface area contributed by atoms with Crippen molar-refractivity contribution < 1.29 is 24.5 Å². The van der Waals surface area contributed by atoms with E-state index in [0.717, 1.165) is 15.9 Å². The van der Waals surface area contributed by atoms with E-state index in [9.17, 15) is 19.8 Å². The molecule has 8 N–H and O–H groups in total. The molecule has 13 heteroatoms. The van der Waals surface area contributed by atoms with Crippen molar-refractivity contribution in [1.82, 2.24) is 14.5 Å². The number of carbonyl (C=O) groups excluding carboxylic acids is 1. The molecule has 2 aromatic heterocycles. The van der Waals surface area contributed by atoms with Crippen LogP contribution in [0.5, 0.6) is 0 Å². The molecule has 1 aliphatic rings. The van der Waals surface area contributed by atoms with Gasteiger partial charge in [-0.05, 0) is 5.92 Å². The minimum absolute atomic E-state index is 0.0181. The summed E-state index contributed by atoms with van der Waals surface area (Å²) in [6, 6.07) is -0.828. The lowest BCUT2D eigenvalue weighted by Crippen LogP contribution is -2.40. The van der Waals surface area contributed by atoms with E-state index in [1.54, 1.807) is 13.8 Å². The SMILES string of the molecule is CC(C)[C@H](N)C(=O)OC[C@H]1O[C@@H](n2c(=O)sc3c(N)nc(N)nc32)[C@H](O)[C@@H]1O. The molecule has 0 saturated carbocycles. The van der Waals surface area contributed by atoms with Gasteiger partial charge in [-0.15, -0.1) is 0 Å². The molecular weight excluding hydrogens is 392 g/mol. The highest BCUT2D eigenvalue weighted by Gasteiger charge is 2.46. The maximum Gasteiger partial charge on any atom is 0.323 e. The van der Waals surface area contributed by atoms with Crippen LogP contribution in [0.15, 0.2) is 4.79 Å². The Balaban J connectivity index is 1.84. The number of thiazole rings is 1. The lowest BCUT2D eigenvalue weighted by atomic mass is 10.1. The van der Waals surface area contributed by atoms with Gasteiger partial charge in [-0.25, -0.2) is 0 Å². The molecule has 0 aliphatic carbocycles. The normalized spacial score (nSPS) is 26.1. The molecule has 0 aromatic carbocycles. The number of aliphatic hydroxyl groups excluding tert-OH is 2. The van der Waals surface area contributed by atoms with Crippen LogP contribution in [0.2, 0.25) is 0 Å². The van der Waals surface area contributed by atoms with Crippen LogP contribution in [0.1, 0.15) is 20.1 Å². The zero-order valence-corrected chi connectivity index (χ0v) is 16.0. The maximum absolute atomic E-state index is 12.4. The summed E-state index contributed by atoms with van der Waals surface area (Å²) in [7, 11) is 0. The second-order valence-corrected chi connectivity index (χ2v) is 7.77. The van der Waals surface area contributed by atoms with Gasteiger partial charge in [0.1, 0.15) is 41.5 Å². The number of aromatic nitrogens is 3. The number of esters is 1. The van der Waals surface area contributed by atoms with Gasteiger partial charge in [-0.2, -0.15) is 9.97 Å². The Morgan fingerprint density at radius 1 is 1.32 bits per heavy atom. The van der Waals surface area contributed by atoms with Gasteiger partial charge >= 0.3 is 10.8 Å². The molecule has 0 amide bonds. The third kappa shape index (κ3) is 3.54.